The van der Waals surface area contributed by atoms with E-state index in [1.165, 1.54) is 4.90 Å². The molecule has 1 aromatic carbocycles. The van der Waals surface area contributed by atoms with E-state index in [-0.39, 0.29) is 32.2 Å². The van der Waals surface area contributed by atoms with Crippen LogP contribution in [0.3, 0.4) is 0 Å². The number of benzene rings is 1. The second-order valence-corrected chi connectivity index (χ2v) is 3.87. The fourth-order valence-corrected chi connectivity index (χ4v) is 1.70. The highest BCUT2D eigenvalue weighted by Gasteiger charge is 2.14. The Labute approximate surface area is 107 Å². The maximum atomic E-state index is 12.1. The molecule has 0 aliphatic heterocycles. The summed E-state index contributed by atoms with van der Waals surface area (Å²) in [4.78, 5) is 13.6. The highest BCUT2D eigenvalue weighted by Crippen LogP contribution is 2.09. The molecule has 0 atom stereocenters. The fraction of sp³-hybridized carbons (Fsp3) is 0.462. The van der Waals surface area contributed by atoms with Gasteiger partial charge in [0.25, 0.3) is 5.91 Å². The van der Waals surface area contributed by atoms with Crippen LogP contribution >= 0.6 is 0 Å². The monoisotopic (exact) mass is 253 g/mol. The second-order valence-electron chi connectivity index (χ2n) is 3.87. The smallest absolute Gasteiger partial charge is 0.254 e. The fourth-order valence-electron chi connectivity index (χ4n) is 1.70. The number of methoxy groups -OCH3 is 1. The molecule has 0 unspecified atom stereocenters. The van der Waals surface area contributed by atoms with Gasteiger partial charge in [-0.1, -0.05) is 12.1 Å². The third kappa shape index (κ3) is 4.10. The summed E-state index contributed by atoms with van der Waals surface area (Å²) >= 11 is 0. The van der Waals surface area contributed by atoms with E-state index in [0.29, 0.717) is 12.2 Å². The van der Waals surface area contributed by atoms with Crippen molar-refractivity contribution in [2.75, 3.05) is 33.4 Å². The van der Waals surface area contributed by atoms with Gasteiger partial charge in [0, 0.05) is 25.8 Å². The molecular formula is C13H19NO4. The number of carbonyl (C=O) groups excluding carboxylic acids is 1. The van der Waals surface area contributed by atoms with Crippen molar-refractivity contribution in [2.45, 2.75) is 6.61 Å². The van der Waals surface area contributed by atoms with Gasteiger partial charge in [-0.2, -0.15) is 0 Å². The van der Waals surface area contributed by atoms with Crippen LogP contribution in [0.2, 0.25) is 0 Å². The van der Waals surface area contributed by atoms with Crippen LogP contribution in [-0.2, 0) is 11.3 Å². The number of nitrogens with zero attached hydrogens (tertiary/aromatic N) is 1. The van der Waals surface area contributed by atoms with Gasteiger partial charge in [0.1, 0.15) is 0 Å². The predicted octanol–water partition coefficient (Wildman–Crippen LogP) is 0.260. The Morgan fingerprint density at radius 2 is 1.94 bits per heavy atom. The molecule has 0 radical (unpaired) electrons. The molecule has 0 bridgehead atoms. The number of hydrogen-bond acceptors (Lipinski definition) is 4. The van der Waals surface area contributed by atoms with E-state index in [2.05, 4.69) is 0 Å². The van der Waals surface area contributed by atoms with E-state index >= 15 is 0 Å². The van der Waals surface area contributed by atoms with E-state index in [1.54, 1.807) is 25.3 Å². The van der Waals surface area contributed by atoms with Gasteiger partial charge in [-0.15, -0.1) is 0 Å². The molecule has 0 aliphatic carbocycles. The summed E-state index contributed by atoms with van der Waals surface area (Å²) in [5.41, 5.74) is 1.45. The number of amides is 1. The van der Waals surface area contributed by atoms with Crippen molar-refractivity contribution in [3.63, 3.8) is 0 Å². The van der Waals surface area contributed by atoms with Crippen LogP contribution in [0.5, 0.6) is 0 Å². The summed E-state index contributed by atoms with van der Waals surface area (Å²) in [5.74, 6) is -0.198. The Kier molecular flexibility index (Phi) is 6.35. The van der Waals surface area contributed by atoms with Gasteiger partial charge in [0.15, 0.2) is 0 Å². The van der Waals surface area contributed by atoms with Crippen molar-refractivity contribution >= 4 is 5.91 Å². The molecule has 18 heavy (non-hydrogen) atoms. The van der Waals surface area contributed by atoms with Crippen LogP contribution in [0, 0.1) is 0 Å². The summed E-state index contributed by atoms with van der Waals surface area (Å²) in [6, 6.07) is 7.14. The number of ether oxygens (including phenoxy) is 1. The van der Waals surface area contributed by atoms with Gasteiger partial charge in [-0.05, 0) is 17.7 Å². The summed E-state index contributed by atoms with van der Waals surface area (Å²) in [6.07, 6.45) is 0. The van der Waals surface area contributed by atoms with Crippen LogP contribution in [0.1, 0.15) is 15.9 Å². The van der Waals surface area contributed by atoms with Gasteiger partial charge in [-0.3, -0.25) is 4.79 Å². The molecular weight excluding hydrogens is 234 g/mol. The first kappa shape index (κ1) is 14.6. The van der Waals surface area contributed by atoms with E-state index in [4.69, 9.17) is 14.9 Å². The van der Waals surface area contributed by atoms with E-state index in [0.717, 1.165) is 5.56 Å². The minimum atomic E-state index is -0.198. The predicted molar refractivity (Wildman–Crippen MR) is 67.2 cm³/mol. The maximum absolute atomic E-state index is 12.1. The molecule has 1 amide bonds. The third-order valence-corrected chi connectivity index (χ3v) is 2.51. The number of aliphatic hydroxyl groups is 2. The minimum Gasteiger partial charge on any atom is -0.395 e. The summed E-state index contributed by atoms with van der Waals surface area (Å²) < 4.78 is 5.01. The summed E-state index contributed by atoms with van der Waals surface area (Å²) in [5, 5.41) is 17.8. The van der Waals surface area contributed by atoms with Gasteiger partial charge in [0.2, 0.25) is 0 Å². The highest BCUT2D eigenvalue weighted by molar-refractivity contribution is 5.94. The molecule has 100 valence electrons. The zero-order valence-corrected chi connectivity index (χ0v) is 10.5. The van der Waals surface area contributed by atoms with Crippen LogP contribution in [0.15, 0.2) is 24.3 Å². The van der Waals surface area contributed by atoms with Gasteiger partial charge in [0.05, 0.1) is 19.8 Å². The van der Waals surface area contributed by atoms with Gasteiger partial charge in [-0.25, -0.2) is 0 Å². The molecule has 0 aliphatic rings. The Morgan fingerprint density at radius 1 is 1.28 bits per heavy atom. The lowest BCUT2D eigenvalue weighted by molar-refractivity contribution is 0.0684. The van der Waals surface area contributed by atoms with E-state index in [1.807, 2.05) is 6.07 Å². The normalized spacial score (nSPS) is 10.4. The van der Waals surface area contributed by atoms with Crippen molar-refractivity contribution in [3.8, 4) is 0 Å². The largest absolute Gasteiger partial charge is 0.395 e. The van der Waals surface area contributed by atoms with Crippen molar-refractivity contribution in [2.24, 2.45) is 0 Å². The standard InChI is InChI=1S/C13H19NO4/c1-18-10-11-3-2-4-12(9-11)13(17)14(5-7-15)6-8-16/h2-4,9,15-16H,5-8,10H2,1H3. The first-order valence-electron chi connectivity index (χ1n) is 5.81. The molecule has 0 heterocycles. The van der Waals surface area contributed by atoms with E-state index < -0.39 is 0 Å². The average Bonchev–Trinajstić information content (AvgIpc) is 2.38. The van der Waals surface area contributed by atoms with Crippen LogP contribution in [0.25, 0.3) is 0 Å². The van der Waals surface area contributed by atoms with Crippen molar-refractivity contribution < 1.29 is 19.7 Å². The Morgan fingerprint density at radius 3 is 2.50 bits per heavy atom. The van der Waals surface area contributed by atoms with Crippen molar-refractivity contribution in [1.82, 2.24) is 4.90 Å². The van der Waals surface area contributed by atoms with E-state index in [9.17, 15) is 4.79 Å². The SMILES string of the molecule is COCc1cccc(C(=O)N(CCO)CCO)c1. The molecule has 1 rings (SSSR count). The quantitative estimate of drug-likeness (QED) is 0.731. The molecule has 0 saturated carbocycles. The first-order valence-corrected chi connectivity index (χ1v) is 5.81. The molecule has 2 N–H and O–H groups in total. The Balaban J connectivity index is 2.82. The zero-order valence-electron chi connectivity index (χ0n) is 10.5. The Bertz CT molecular complexity index is 375. The summed E-state index contributed by atoms with van der Waals surface area (Å²) in [6.45, 7) is 0.635. The maximum Gasteiger partial charge on any atom is 0.254 e. The highest BCUT2D eigenvalue weighted by atomic mass is 16.5. The zero-order chi connectivity index (χ0) is 13.4. The molecule has 0 fully saturated rings. The van der Waals surface area contributed by atoms with Crippen molar-refractivity contribution in [3.05, 3.63) is 35.4 Å². The average molecular weight is 253 g/mol. The summed E-state index contributed by atoms with van der Waals surface area (Å²) in [7, 11) is 1.60. The number of carbonyl (C=O) groups is 1. The lowest BCUT2D eigenvalue weighted by atomic mass is 10.1. The molecule has 0 spiro atoms. The van der Waals surface area contributed by atoms with Gasteiger partial charge < -0.3 is 19.8 Å². The van der Waals surface area contributed by atoms with Crippen LogP contribution < -0.4 is 0 Å². The molecule has 0 aromatic heterocycles. The minimum absolute atomic E-state index is 0.122. The lowest BCUT2D eigenvalue weighted by Gasteiger charge is -2.20. The molecule has 5 nitrogen and oxygen atoms in total. The Hall–Kier alpha value is -1.43. The molecule has 5 heteroatoms. The third-order valence-electron chi connectivity index (χ3n) is 2.51. The second kappa shape index (κ2) is 7.81. The topological polar surface area (TPSA) is 70.0 Å². The molecule has 0 saturated heterocycles. The number of rotatable bonds is 7. The van der Waals surface area contributed by atoms with Crippen molar-refractivity contribution in [1.29, 1.82) is 0 Å². The number of aliphatic hydroxyl groups excluding tert-OH is 2. The lowest BCUT2D eigenvalue weighted by Crippen LogP contribution is -2.35. The first-order chi connectivity index (χ1) is 8.72. The number of hydrogen-bond donors (Lipinski definition) is 2. The van der Waals surface area contributed by atoms with Crippen LogP contribution in [-0.4, -0.2) is 54.4 Å². The van der Waals surface area contributed by atoms with Gasteiger partial charge >= 0.3 is 0 Å². The molecule has 1 aromatic rings. The van der Waals surface area contributed by atoms with Crippen LogP contribution in [0.4, 0.5) is 0 Å².